The van der Waals surface area contributed by atoms with Crippen LogP contribution in [-0.2, 0) is 0 Å². The van der Waals surface area contributed by atoms with Gasteiger partial charge in [-0.05, 0) is 65.7 Å². The molecule has 98 valence electrons. The Morgan fingerprint density at radius 1 is 1.26 bits per heavy atom. The zero-order chi connectivity index (χ0) is 14.0. The molecule has 0 aliphatic rings. The highest BCUT2D eigenvalue weighted by atomic mass is 79.9. The third-order valence-corrected chi connectivity index (χ3v) is 3.10. The second kappa shape index (κ2) is 5.40. The molecule has 0 unspecified atom stereocenters. The molecule has 2 rings (SSSR count). The van der Waals surface area contributed by atoms with Gasteiger partial charge in [-0.15, -0.1) is 0 Å². The Labute approximate surface area is 120 Å². The maximum atomic E-state index is 12.1. The highest BCUT2D eigenvalue weighted by Gasteiger charge is 2.09. The van der Waals surface area contributed by atoms with E-state index in [2.05, 4.69) is 26.2 Å². The van der Waals surface area contributed by atoms with Crippen molar-refractivity contribution in [3.63, 3.8) is 0 Å². The molecule has 0 bridgehead atoms. The van der Waals surface area contributed by atoms with Crippen LogP contribution in [0.4, 0.5) is 11.4 Å². The summed E-state index contributed by atoms with van der Waals surface area (Å²) in [7, 11) is 0. The number of nitrogens with zero attached hydrogens (tertiary/aromatic N) is 1. The molecule has 2 aromatic rings. The molecule has 0 aliphatic carbocycles. The van der Waals surface area contributed by atoms with Gasteiger partial charge in [-0.1, -0.05) is 0 Å². The number of hydrogen-bond donors (Lipinski definition) is 2. The number of nitrogens with one attached hydrogen (secondary N) is 1. The van der Waals surface area contributed by atoms with Crippen LogP contribution < -0.4 is 11.1 Å². The van der Waals surface area contributed by atoms with Crippen LogP contribution in [-0.4, -0.2) is 10.9 Å². The van der Waals surface area contributed by atoms with Crippen LogP contribution >= 0.6 is 15.9 Å². The second-order valence-electron chi connectivity index (χ2n) is 4.35. The Balaban J connectivity index is 2.25. The Bertz CT molecular complexity index is 620. The molecule has 1 amide bonds. The van der Waals surface area contributed by atoms with Gasteiger partial charge < -0.3 is 11.1 Å². The van der Waals surface area contributed by atoms with Gasteiger partial charge in [-0.2, -0.15) is 0 Å². The first kappa shape index (κ1) is 13.5. The van der Waals surface area contributed by atoms with Gasteiger partial charge in [-0.3, -0.25) is 4.79 Å². The molecule has 1 heterocycles. The van der Waals surface area contributed by atoms with Gasteiger partial charge in [0.1, 0.15) is 4.60 Å². The summed E-state index contributed by atoms with van der Waals surface area (Å²) in [5.41, 5.74) is 9.26. The zero-order valence-corrected chi connectivity index (χ0v) is 12.3. The minimum absolute atomic E-state index is 0.192. The molecule has 0 saturated heterocycles. The number of nitrogens with two attached hydrogens (primary N) is 1. The number of anilines is 2. The van der Waals surface area contributed by atoms with E-state index in [-0.39, 0.29) is 5.91 Å². The molecule has 1 aromatic heterocycles. The molecule has 0 saturated carbocycles. The number of carbonyl (C=O) groups is 1. The van der Waals surface area contributed by atoms with Gasteiger partial charge in [-0.25, -0.2) is 4.98 Å². The maximum absolute atomic E-state index is 12.1. The first-order valence-corrected chi connectivity index (χ1v) is 6.56. The van der Waals surface area contributed by atoms with E-state index in [9.17, 15) is 4.79 Å². The summed E-state index contributed by atoms with van der Waals surface area (Å²) >= 11 is 3.29. The zero-order valence-electron chi connectivity index (χ0n) is 10.7. The lowest BCUT2D eigenvalue weighted by atomic mass is 10.1. The maximum Gasteiger partial charge on any atom is 0.255 e. The van der Waals surface area contributed by atoms with Gasteiger partial charge in [0.15, 0.2) is 0 Å². The lowest BCUT2D eigenvalue weighted by Crippen LogP contribution is -2.13. The van der Waals surface area contributed by atoms with Crippen molar-refractivity contribution < 1.29 is 4.79 Å². The van der Waals surface area contributed by atoms with Crippen molar-refractivity contribution in [1.29, 1.82) is 0 Å². The van der Waals surface area contributed by atoms with Crippen molar-refractivity contribution in [2.75, 3.05) is 11.1 Å². The summed E-state index contributed by atoms with van der Waals surface area (Å²) in [4.78, 5) is 16.4. The molecule has 0 radical (unpaired) electrons. The number of nitrogen functional groups attached to an aromatic ring is 1. The van der Waals surface area contributed by atoms with Crippen molar-refractivity contribution in [3.8, 4) is 0 Å². The van der Waals surface area contributed by atoms with Gasteiger partial charge in [0, 0.05) is 11.3 Å². The number of carbonyl (C=O) groups excluding carboxylic acids is 1. The molecule has 0 spiro atoms. The van der Waals surface area contributed by atoms with E-state index >= 15 is 0 Å². The van der Waals surface area contributed by atoms with E-state index < -0.39 is 0 Å². The number of amides is 1. The van der Waals surface area contributed by atoms with E-state index in [1.807, 2.05) is 26.0 Å². The standard InChI is InChI=1S/C14H14BrN3O/c1-8-5-10(7-11(16)6-8)14(19)18-12-3-4-13(15)17-9(12)2/h3-7H,16H2,1-2H3,(H,18,19). The summed E-state index contributed by atoms with van der Waals surface area (Å²) in [6, 6.07) is 8.87. The number of halogens is 1. The minimum Gasteiger partial charge on any atom is -0.399 e. The monoisotopic (exact) mass is 319 g/mol. The van der Waals surface area contributed by atoms with Gasteiger partial charge in [0.2, 0.25) is 0 Å². The van der Waals surface area contributed by atoms with Crippen LogP contribution in [0.1, 0.15) is 21.6 Å². The Hall–Kier alpha value is -1.88. The van der Waals surface area contributed by atoms with Crippen LogP contribution in [0.15, 0.2) is 34.9 Å². The van der Waals surface area contributed by atoms with Crippen molar-refractivity contribution in [3.05, 3.63) is 51.8 Å². The normalized spacial score (nSPS) is 10.3. The summed E-state index contributed by atoms with van der Waals surface area (Å²) < 4.78 is 0.739. The topological polar surface area (TPSA) is 68.0 Å². The van der Waals surface area contributed by atoms with Crippen molar-refractivity contribution in [2.24, 2.45) is 0 Å². The SMILES string of the molecule is Cc1cc(N)cc(C(=O)Nc2ccc(Br)nc2C)c1. The number of aromatic nitrogens is 1. The molecular weight excluding hydrogens is 306 g/mol. The lowest BCUT2D eigenvalue weighted by Gasteiger charge is -2.09. The smallest absolute Gasteiger partial charge is 0.255 e. The molecule has 0 fully saturated rings. The molecule has 4 nitrogen and oxygen atoms in total. The van der Waals surface area contributed by atoms with Gasteiger partial charge in [0.25, 0.3) is 5.91 Å². The number of aryl methyl sites for hydroxylation is 2. The average molecular weight is 320 g/mol. The minimum atomic E-state index is -0.192. The van der Waals surface area contributed by atoms with Crippen LogP contribution in [0.3, 0.4) is 0 Å². The highest BCUT2D eigenvalue weighted by Crippen LogP contribution is 2.18. The van der Waals surface area contributed by atoms with Crippen LogP contribution in [0.25, 0.3) is 0 Å². The Morgan fingerprint density at radius 2 is 2.00 bits per heavy atom. The van der Waals surface area contributed by atoms with Crippen LogP contribution in [0, 0.1) is 13.8 Å². The largest absolute Gasteiger partial charge is 0.399 e. The summed E-state index contributed by atoms with van der Waals surface area (Å²) in [5, 5.41) is 2.83. The fraction of sp³-hybridized carbons (Fsp3) is 0.143. The van der Waals surface area contributed by atoms with Gasteiger partial charge >= 0.3 is 0 Å². The molecule has 5 heteroatoms. The predicted molar refractivity (Wildman–Crippen MR) is 80.2 cm³/mol. The fourth-order valence-corrected chi connectivity index (χ4v) is 2.20. The van der Waals surface area contributed by atoms with Crippen molar-refractivity contribution in [1.82, 2.24) is 4.98 Å². The van der Waals surface area contributed by atoms with Crippen LogP contribution in [0.5, 0.6) is 0 Å². The molecule has 19 heavy (non-hydrogen) atoms. The first-order chi connectivity index (χ1) is 8.95. The summed E-state index contributed by atoms with van der Waals surface area (Å²) in [6.45, 7) is 3.74. The van der Waals surface area contributed by atoms with Crippen molar-refractivity contribution >= 4 is 33.2 Å². The highest BCUT2D eigenvalue weighted by molar-refractivity contribution is 9.10. The summed E-state index contributed by atoms with van der Waals surface area (Å²) in [5.74, 6) is -0.192. The average Bonchev–Trinajstić information content (AvgIpc) is 2.31. The van der Waals surface area contributed by atoms with E-state index in [4.69, 9.17) is 5.73 Å². The third kappa shape index (κ3) is 3.32. The predicted octanol–water partition coefficient (Wildman–Crippen LogP) is 3.30. The van der Waals surface area contributed by atoms with E-state index in [1.54, 1.807) is 18.2 Å². The number of hydrogen-bond acceptors (Lipinski definition) is 3. The molecule has 1 aromatic carbocycles. The second-order valence-corrected chi connectivity index (χ2v) is 5.17. The van der Waals surface area contributed by atoms with E-state index in [1.165, 1.54) is 0 Å². The van der Waals surface area contributed by atoms with E-state index in [0.29, 0.717) is 16.9 Å². The third-order valence-electron chi connectivity index (χ3n) is 2.66. The Morgan fingerprint density at radius 3 is 2.63 bits per heavy atom. The van der Waals surface area contributed by atoms with Crippen LogP contribution in [0.2, 0.25) is 0 Å². The van der Waals surface area contributed by atoms with Crippen molar-refractivity contribution in [2.45, 2.75) is 13.8 Å². The Kier molecular flexibility index (Phi) is 3.85. The van der Waals surface area contributed by atoms with Gasteiger partial charge in [0.05, 0.1) is 11.4 Å². The van der Waals surface area contributed by atoms with E-state index in [0.717, 1.165) is 15.9 Å². The number of pyridine rings is 1. The number of benzene rings is 1. The first-order valence-electron chi connectivity index (χ1n) is 5.77. The molecule has 0 aliphatic heterocycles. The quantitative estimate of drug-likeness (QED) is 0.659. The summed E-state index contributed by atoms with van der Waals surface area (Å²) in [6.07, 6.45) is 0. The molecular formula is C14H14BrN3O. The molecule has 3 N–H and O–H groups in total. The fourth-order valence-electron chi connectivity index (χ4n) is 1.80. The molecule has 0 atom stereocenters. The lowest BCUT2D eigenvalue weighted by molar-refractivity contribution is 0.102. The number of rotatable bonds is 2.